The molecule has 1 aromatic heterocycles. The Balaban J connectivity index is 1.82. The second-order valence-electron chi connectivity index (χ2n) is 5.98. The molecule has 2 aromatic carbocycles. The van der Waals surface area contributed by atoms with Crippen LogP contribution in [0.1, 0.15) is 29.1 Å². The summed E-state index contributed by atoms with van der Waals surface area (Å²) in [5.41, 5.74) is 1.03. The van der Waals surface area contributed by atoms with Gasteiger partial charge >= 0.3 is 0 Å². The summed E-state index contributed by atoms with van der Waals surface area (Å²) in [4.78, 5) is 23.4. The molecule has 1 unspecified atom stereocenters. The van der Waals surface area contributed by atoms with Crippen molar-refractivity contribution < 1.29 is 9.72 Å². The molecule has 0 fully saturated rings. The van der Waals surface area contributed by atoms with Crippen molar-refractivity contribution in [3.8, 4) is 0 Å². The summed E-state index contributed by atoms with van der Waals surface area (Å²) in [5.74, 6) is 0.153. The highest BCUT2D eigenvalue weighted by atomic mass is 16.6. The molecule has 0 saturated heterocycles. The van der Waals surface area contributed by atoms with Crippen LogP contribution in [0, 0.1) is 10.1 Å². The van der Waals surface area contributed by atoms with Crippen LogP contribution in [0.5, 0.6) is 0 Å². The highest BCUT2D eigenvalue weighted by Crippen LogP contribution is 2.28. The Bertz CT molecular complexity index is 970. The lowest BCUT2D eigenvalue weighted by Crippen LogP contribution is -2.28. The number of nitro groups is 1. The van der Waals surface area contributed by atoms with E-state index in [0.29, 0.717) is 17.2 Å². The Morgan fingerprint density at radius 2 is 1.96 bits per heavy atom. The first-order chi connectivity index (χ1) is 13.0. The number of nitrogens with zero attached hydrogens (tertiary/aromatic N) is 4. The molecule has 2 N–H and O–H groups in total. The van der Waals surface area contributed by atoms with Gasteiger partial charge in [-0.05, 0) is 31.2 Å². The van der Waals surface area contributed by atoms with Gasteiger partial charge in [-0.25, -0.2) is 0 Å². The molecule has 1 amide bonds. The van der Waals surface area contributed by atoms with Crippen molar-refractivity contribution in [2.75, 3.05) is 5.32 Å². The zero-order chi connectivity index (χ0) is 19.4. The Morgan fingerprint density at radius 3 is 2.59 bits per heavy atom. The number of nitrogens with one attached hydrogen (secondary N) is 2. The van der Waals surface area contributed by atoms with Gasteiger partial charge in [0, 0.05) is 24.4 Å². The number of nitro benzene ring substituents is 1. The molecule has 9 heteroatoms. The summed E-state index contributed by atoms with van der Waals surface area (Å²) in [5, 5.41) is 24.9. The van der Waals surface area contributed by atoms with Gasteiger partial charge in [0.25, 0.3) is 11.6 Å². The second kappa shape index (κ2) is 7.65. The van der Waals surface area contributed by atoms with Crippen LogP contribution in [-0.4, -0.2) is 25.6 Å². The van der Waals surface area contributed by atoms with Crippen molar-refractivity contribution >= 4 is 23.0 Å². The fraction of sp³-hybridized carbons (Fsp3) is 0.167. The third-order valence-corrected chi connectivity index (χ3v) is 3.99. The number of hydrogen-bond donors (Lipinski definition) is 2. The van der Waals surface area contributed by atoms with Crippen molar-refractivity contribution in [2.45, 2.75) is 13.0 Å². The largest absolute Gasteiger partial charge is 0.350 e. The first-order valence-electron chi connectivity index (χ1n) is 8.21. The fourth-order valence-electron chi connectivity index (χ4n) is 2.64. The smallest absolute Gasteiger partial charge is 0.293 e. The fourth-order valence-corrected chi connectivity index (χ4v) is 2.64. The summed E-state index contributed by atoms with van der Waals surface area (Å²) >= 11 is 0. The van der Waals surface area contributed by atoms with Crippen LogP contribution in [-0.2, 0) is 7.05 Å². The first kappa shape index (κ1) is 18.1. The molecule has 0 aliphatic rings. The monoisotopic (exact) mass is 366 g/mol. The molecule has 0 aliphatic heterocycles. The quantitative estimate of drug-likeness (QED) is 0.512. The molecular formula is C18H18N6O3. The van der Waals surface area contributed by atoms with Crippen molar-refractivity contribution in [1.82, 2.24) is 20.1 Å². The van der Waals surface area contributed by atoms with E-state index in [4.69, 9.17) is 0 Å². The average molecular weight is 366 g/mol. The van der Waals surface area contributed by atoms with Crippen LogP contribution in [0.4, 0.5) is 17.1 Å². The number of aryl methyl sites for hydroxylation is 1. The van der Waals surface area contributed by atoms with E-state index >= 15 is 0 Å². The van der Waals surface area contributed by atoms with E-state index in [1.54, 1.807) is 30.7 Å². The predicted molar refractivity (Wildman–Crippen MR) is 99.7 cm³/mol. The van der Waals surface area contributed by atoms with Crippen LogP contribution in [0.25, 0.3) is 0 Å². The molecule has 0 spiro atoms. The van der Waals surface area contributed by atoms with Crippen molar-refractivity contribution in [2.24, 2.45) is 7.05 Å². The lowest BCUT2D eigenvalue weighted by molar-refractivity contribution is -0.383. The molecule has 0 radical (unpaired) electrons. The molecule has 3 rings (SSSR count). The number of anilines is 2. The highest BCUT2D eigenvalue weighted by Gasteiger charge is 2.20. The molecule has 3 aromatic rings. The van der Waals surface area contributed by atoms with Gasteiger partial charge in [-0.3, -0.25) is 14.9 Å². The van der Waals surface area contributed by atoms with E-state index < -0.39 is 16.9 Å². The number of amides is 1. The van der Waals surface area contributed by atoms with Crippen LogP contribution in [0.2, 0.25) is 0 Å². The van der Waals surface area contributed by atoms with Gasteiger partial charge in [-0.2, -0.15) is 0 Å². The summed E-state index contributed by atoms with van der Waals surface area (Å²) in [6.07, 6.45) is 1.53. The topological polar surface area (TPSA) is 115 Å². The predicted octanol–water partition coefficient (Wildman–Crippen LogP) is 2.96. The van der Waals surface area contributed by atoms with E-state index in [-0.39, 0.29) is 11.3 Å². The minimum Gasteiger partial charge on any atom is -0.350 e. The third-order valence-electron chi connectivity index (χ3n) is 3.99. The standard InChI is InChI=1S/C18H18N6O3/c1-12(17-22-19-11-23(17)2)20-18(25)13-8-9-15(16(10-13)24(26)27)21-14-6-4-3-5-7-14/h3-12,21H,1-2H3,(H,20,25). The minimum absolute atomic E-state index is 0.183. The first-order valence-corrected chi connectivity index (χ1v) is 8.21. The lowest BCUT2D eigenvalue weighted by Gasteiger charge is -2.13. The molecule has 0 aliphatic carbocycles. The normalized spacial score (nSPS) is 11.6. The van der Waals surface area contributed by atoms with Crippen LogP contribution in [0.3, 0.4) is 0 Å². The maximum atomic E-state index is 12.5. The number of carbonyl (C=O) groups excluding carboxylic acids is 1. The molecule has 0 bridgehead atoms. The number of benzene rings is 2. The summed E-state index contributed by atoms with van der Waals surface area (Å²) in [6.45, 7) is 1.77. The number of aromatic nitrogens is 3. The number of para-hydroxylation sites is 1. The van der Waals surface area contributed by atoms with E-state index in [0.717, 1.165) is 0 Å². The SMILES string of the molecule is CC(NC(=O)c1ccc(Nc2ccccc2)c([N+](=O)[O-])c1)c1nncn1C. The van der Waals surface area contributed by atoms with E-state index in [9.17, 15) is 14.9 Å². The van der Waals surface area contributed by atoms with Gasteiger partial charge < -0.3 is 15.2 Å². The van der Waals surface area contributed by atoms with Gasteiger partial charge in [0.1, 0.15) is 12.0 Å². The highest BCUT2D eigenvalue weighted by molar-refractivity contribution is 5.96. The van der Waals surface area contributed by atoms with Gasteiger partial charge in [0.05, 0.1) is 11.0 Å². The van der Waals surface area contributed by atoms with E-state index in [1.807, 2.05) is 18.2 Å². The molecule has 1 atom stereocenters. The molecule has 0 saturated carbocycles. The van der Waals surface area contributed by atoms with Crippen LogP contribution in [0.15, 0.2) is 54.9 Å². The molecule has 138 valence electrons. The van der Waals surface area contributed by atoms with Gasteiger partial charge in [0.2, 0.25) is 0 Å². The van der Waals surface area contributed by atoms with Gasteiger partial charge in [-0.15, -0.1) is 10.2 Å². The van der Waals surface area contributed by atoms with Crippen LogP contribution < -0.4 is 10.6 Å². The van der Waals surface area contributed by atoms with Crippen molar-refractivity contribution in [1.29, 1.82) is 0 Å². The maximum absolute atomic E-state index is 12.5. The Morgan fingerprint density at radius 1 is 1.22 bits per heavy atom. The Labute approximate surface area is 155 Å². The maximum Gasteiger partial charge on any atom is 0.293 e. The zero-order valence-electron chi connectivity index (χ0n) is 14.8. The Hall–Kier alpha value is -3.75. The van der Waals surface area contributed by atoms with Gasteiger partial charge in [-0.1, -0.05) is 18.2 Å². The third kappa shape index (κ3) is 4.09. The molecule has 1 heterocycles. The van der Waals surface area contributed by atoms with Gasteiger partial charge in [0.15, 0.2) is 5.82 Å². The van der Waals surface area contributed by atoms with Crippen molar-refractivity contribution in [3.63, 3.8) is 0 Å². The minimum atomic E-state index is -0.520. The molecule has 27 heavy (non-hydrogen) atoms. The number of hydrogen-bond acceptors (Lipinski definition) is 6. The summed E-state index contributed by atoms with van der Waals surface area (Å²) in [6, 6.07) is 13.0. The van der Waals surface area contributed by atoms with Crippen LogP contribution >= 0.6 is 0 Å². The van der Waals surface area contributed by atoms with Crippen molar-refractivity contribution in [3.05, 3.63) is 76.4 Å². The second-order valence-corrected chi connectivity index (χ2v) is 5.98. The summed E-state index contributed by atoms with van der Waals surface area (Å²) in [7, 11) is 1.77. The lowest BCUT2D eigenvalue weighted by atomic mass is 10.1. The number of rotatable bonds is 6. The summed E-state index contributed by atoms with van der Waals surface area (Å²) < 4.78 is 1.69. The molecular weight excluding hydrogens is 348 g/mol. The number of carbonyl (C=O) groups is 1. The zero-order valence-corrected chi connectivity index (χ0v) is 14.8. The van der Waals surface area contributed by atoms with E-state index in [1.165, 1.54) is 24.5 Å². The average Bonchev–Trinajstić information content (AvgIpc) is 3.08. The Kier molecular flexibility index (Phi) is 5.11. The van der Waals surface area contributed by atoms with E-state index in [2.05, 4.69) is 20.8 Å². The molecule has 9 nitrogen and oxygen atoms in total.